The highest BCUT2D eigenvalue weighted by Crippen LogP contribution is 2.50. The average molecular weight is 284 g/mol. The van der Waals surface area contributed by atoms with Crippen LogP contribution in [-0.4, -0.2) is 32.8 Å². The molecule has 106 valence electrons. The highest BCUT2D eigenvalue weighted by atomic mass is 32.1. The second-order valence-electron chi connectivity index (χ2n) is 4.50. The molecule has 3 N–H and O–H groups in total. The summed E-state index contributed by atoms with van der Waals surface area (Å²) in [4.78, 5) is 12.4. The molecule has 0 aromatic carbocycles. The molecule has 19 heavy (non-hydrogen) atoms. The molecule has 1 aromatic rings. The van der Waals surface area contributed by atoms with E-state index in [9.17, 15) is 4.79 Å². The van der Waals surface area contributed by atoms with E-state index in [0.717, 1.165) is 23.4 Å². The summed E-state index contributed by atoms with van der Waals surface area (Å²) in [5.74, 6) is 0.163. The molecule has 1 aliphatic rings. The maximum absolute atomic E-state index is 11.9. The van der Waals surface area contributed by atoms with Crippen molar-refractivity contribution in [2.24, 2.45) is 0 Å². The molecular formula is C13H20N2O3S. The van der Waals surface area contributed by atoms with Gasteiger partial charge in [0.15, 0.2) is 0 Å². The Kier molecular flexibility index (Phi) is 4.66. The van der Waals surface area contributed by atoms with Gasteiger partial charge in [-0.15, -0.1) is 11.3 Å². The molecular weight excluding hydrogens is 264 g/mol. The van der Waals surface area contributed by atoms with E-state index in [2.05, 4.69) is 5.32 Å². The van der Waals surface area contributed by atoms with E-state index in [-0.39, 0.29) is 5.97 Å². The third kappa shape index (κ3) is 3.19. The van der Waals surface area contributed by atoms with Crippen LogP contribution in [0.5, 0.6) is 0 Å². The molecule has 0 saturated heterocycles. The van der Waals surface area contributed by atoms with Crippen LogP contribution in [-0.2, 0) is 9.47 Å². The zero-order valence-corrected chi connectivity index (χ0v) is 12.1. The number of hydrogen-bond donors (Lipinski definition) is 2. The van der Waals surface area contributed by atoms with Crippen molar-refractivity contribution in [1.82, 2.24) is 0 Å². The normalized spacial score (nSPS) is 14.4. The Morgan fingerprint density at radius 3 is 2.84 bits per heavy atom. The maximum Gasteiger partial charge on any atom is 0.350 e. The Morgan fingerprint density at radius 1 is 1.53 bits per heavy atom. The van der Waals surface area contributed by atoms with Crippen LogP contribution in [0, 0.1) is 0 Å². The van der Waals surface area contributed by atoms with Crippen molar-refractivity contribution in [2.45, 2.75) is 25.7 Å². The number of esters is 1. The molecule has 0 spiro atoms. The summed E-state index contributed by atoms with van der Waals surface area (Å²) < 4.78 is 10.1. The minimum Gasteiger partial charge on any atom is -0.462 e. The summed E-state index contributed by atoms with van der Waals surface area (Å²) in [5, 5.41) is 4.29. The Bertz CT molecular complexity index is 455. The number of thiophene rings is 1. The number of hydrogen-bond acceptors (Lipinski definition) is 6. The molecule has 0 unspecified atom stereocenters. The van der Waals surface area contributed by atoms with Crippen LogP contribution in [0.15, 0.2) is 0 Å². The summed E-state index contributed by atoms with van der Waals surface area (Å²) in [6, 6.07) is 0. The Hall–Kier alpha value is -1.27. The molecule has 0 bridgehead atoms. The van der Waals surface area contributed by atoms with Crippen LogP contribution in [0.25, 0.3) is 0 Å². The second kappa shape index (κ2) is 6.25. The fourth-order valence-corrected chi connectivity index (χ4v) is 3.11. The summed E-state index contributed by atoms with van der Waals surface area (Å²) >= 11 is 1.39. The van der Waals surface area contributed by atoms with Crippen molar-refractivity contribution in [3.05, 3.63) is 10.4 Å². The molecule has 0 aliphatic heterocycles. The molecule has 0 radical (unpaired) electrons. The monoisotopic (exact) mass is 284 g/mol. The quantitative estimate of drug-likeness (QED) is 0.594. The first-order valence-corrected chi connectivity index (χ1v) is 7.32. The Morgan fingerprint density at radius 2 is 2.26 bits per heavy atom. The van der Waals surface area contributed by atoms with Gasteiger partial charge in [-0.1, -0.05) is 0 Å². The number of methoxy groups -OCH3 is 1. The van der Waals surface area contributed by atoms with Crippen molar-refractivity contribution < 1.29 is 14.3 Å². The molecule has 6 heteroatoms. The standard InChI is InChI=1S/C13H20N2O3S/c1-3-18-13(16)11-10(14)9(8-4-5-8)12(19-11)15-6-7-17-2/h8,15H,3-7,14H2,1-2H3. The van der Waals surface area contributed by atoms with E-state index >= 15 is 0 Å². The van der Waals surface area contributed by atoms with E-state index in [4.69, 9.17) is 15.2 Å². The number of carbonyl (C=O) groups is 1. The smallest absolute Gasteiger partial charge is 0.350 e. The molecule has 1 heterocycles. The highest BCUT2D eigenvalue weighted by Gasteiger charge is 2.33. The van der Waals surface area contributed by atoms with E-state index in [1.54, 1.807) is 14.0 Å². The molecule has 2 rings (SSSR count). The van der Waals surface area contributed by atoms with Crippen molar-refractivity contribution in [3.8, 4) is 0 Å². The zero-order valence-electron chi connectivity index (χ0n) is 11.3. The molecule has 0 atom stereocenters. The molecule has 1 saturated carbocycles. The second-order valence-corrected chi connectivity index (χ2v) is 5.52. The first-order valence-electron chi connectivity index (χ1n) is 6.51. The molecule has 0 amide bonds. The van der Waals surface area contributed by atoms with Gasteiger partial charge in [-0.25, -0.2) is 4.79 Å². The lowest BCUT2D eigenvalue weighted by Crippen LogP contribution is -2.07. The molecule has 5 nitrogen and oxygen atoms in total. The fraction of sp³-hybridized carbons (Fsp3) is 0.615. The van der Waals surface area contributed by atoms with Crippen molar-refractivity contribution in [2.75, 3.05) is 37.9 Å². The van der Waals surface area contributed by atoms with Crippen LogP contribution in [0.4, 0.5) is 10.7 Å². The average Bonchev–Trinajstić information content (AvgIpc) is 3.15. The van der Waals surface area contributed by atoms with Gasteiger partial charge in [0.1, 0.15) is 4.88 Å². The summed E-state index contributed by atoms with van der Waals surface area (Å²) in [6.07, 6.45) is 2.28. The van der Waals surface area contributed by atoms with Crippen molar-refractivity contribution >= 4 is 28.0 Å². The number of carbonyl (C=O) groups excluding carboxylic acids is 1. The van der Waals surface area contributed by atoms with Gasteiger partial charge < -0.3 is 20.5 Å². The third-order valence-corrected chi connectivity index (χ3v) is 4.18. The SMILES string of the molecule is CCOC(=O)c1sc(NCCOC)c(C2CC2)c1N. The number of nitrogens with one attached hydrogen (secondary N) is 1. The number of anilines is 2. The van der Waals surface area contributed by atoms with Crippen LogP contribution in [0.1, 0.15) is 40.9 Å². The summed E-state index contributed by atoms with van der Waals surface area (Å²) in [5.41, 5.74) is 7.79. The Labute approximate surface area is 117 Å². The van der Waals surface area contributed by atoms with Gasteiger partial charge in [-0.05, 0) is 25.7 Å². The fourth-order valence-electron chi connectivity index (χ4n) is 1.98. The minimum absolute atomic E-state index is 0.327. The minimum atomic E-state index is -0.327. The first kappa shape index (κ1) is 14.1. The topological polar surface area (TPSA) is 73.6 Å². The van der Waals surface area contributed by atoms with Crippen LogP contribution in [0.3, 0.4) is 0 Å². The van der Waals surface area contributed by atoms with Crippen molar-refractivity contribution in [1.29, 1.82) is 0 Å². The van der Waals surface area contributed by atoms with Crippen LogP contribution < -0.4 is 11.1 Å². The number of nitrogens with two attached hydrogens (primary N) is 1. The van der Waals surface area contributed by atoms with E-state index < -0.39 is 0 Å². The van der Waals surface area contributed by atoms with Gasteiger partial charge in [0, 0.05) is 19.2 Å². The van der Waals surface area contributed by atoms with Gasteiger partial charge in [-0.3, -0.25) is 0 Å². The first-order chi connectivity index (χ1) is 9.19. The van der Waals surface area contributed by atoms with Gasteiger partial charge in [0.2, 0.25) is 0 Å². The van der Waals surface area contributed by atoms with Gasteiger partial charge in [0.05, 0.1) is 23.9 Å². The van der Waals surface area contributed by atoms with E-state index in [1.165, 1.54) is 11.3 Å². The van der Waals surface area contributed by atoms with Crippen LogP contribution in [0.2, 0.25) is 0 Å². The predicted molar refractivity (Wildman–Crippen MR) is 77.0 cm³/mol. The van der Waals surface area contributed by atoms with E-state index in [1.807, 2.05) is 0 Å². The largest absolute Gasteiger partial charge is 0.462 e. The van der Waals surface area contributed by atoms with E-state index in [0.29, 0.717) is 36.2 Å². The van der Waals surface area contributed by atoms with Gasteiger partial charge >= 0.3 is 5.97 Å². The molecule has 1 fully saturated rings. The van der Waals surface area contributed by atoms with Gasteiger partial charge in [0.25, 0.3) is 0 Å². The lowest BCUT2D eigenvalue weighted by atomic mass is 10.1. The number of ether oxygens (including phenoxy) is 2. The zero-order chi connectivity index (χ0) is 13.8. The maximum atomic E-state index is 11.9. The van der Waals surface area contributed by atoms with Crippen molar-refractivity contribution in [3.63, 3.8) is 0 Å². The highest BCUT2D eigenvalue weighted by molar-refractivity contribution is 7.18. The predicted octanol–water partition coefficient (Wildman–Crippen LogP) is 2.44. The summed E-state index contributed by atoms with van der Waals surface area (Å²) in [6.45, 7) is 3.48. The number of rotatable bonds is 7. The Balaban J connectivity index is 2.20. The summed E-state index contributed by atoms with van der Waals surface area (Å²) in [7, 11) is 1.66. The number of nitrogen functional groups attached to an aromatic ring is 1. The molecule has 1 aromatic heterocycles. The lowest BCUT2D eigenvalue weighted by molar-refractivity contribution is 0.0533. The molecule has 1 aliphatic carbocycles. The lowest BCUT2D eigenvalue weighted by Gasteiger charge is -2.06. The van der Waals surface area contributed by atoms with Gasteiger partial charge in [-0.2, -0.15) is 0 Å². The van der Waals surface area contributed by atoms with Crippen LogP contribution >= 0.6 is 11.3 Å². The third-order valence-electron chi connectivity index (χ3n) is 3.02.